The molecule has 0 amide bonds. The number of benzene rings is 1. The Morgan fingerprint density at radius 3 is 2.12 bits per heavy atom. The largest absolute Gasteiger partial charge is 0.395 e. The standard InChI is InChI=1S/C14H24O2Si/c1-12-6-5-7-13(8-12)14(9-15,10-16)11-17(2,3)4/h5-8,15-16H,9-11H2,1-4H3. The Balaban J connectivity index is 3.15. The Hall–Kier alpha value is -0.643. The first-order valence-electron chi connectivity index (χ1n) is 6.12. The molecule has 0 saturated heterocycles. The summed E-state index contributed by atoms with van der Waals surface area (Å²) < 4.78 is 0. The first-order valence-corrected chi connectivity index (χ1v) is 9.83. The van der Waals surface area contributed by atoms with Crippen molar-refractivity contribution >= 4 is 8.07 Å². The summed E-state index contributed by atoms with van der Waals surface area (Å²) in [5, 5.41) is 19.5. The van der Waals surface area contributed by atoms with Crippen LogP contribution in [0, 0.1) is 6.92 Å². The Labute approximate surface area is 105 Å². The van der Waals surface area contributed by atoms with E-state index >= 15 is 0 Å². The molecular formula is C14H24O2Si. The lowest BCUT2D eigenvalue weighted by atomic mass is 9.83. The van der Waals surface area contributed by atoms with E-state index in [9.17, 15) is 10.2 Å². The van der Waals surface area contributed by atoms with Gasteiger partial charge in [-0.3, -0.25) is 0 Å². The van der Waals surface area contributed by atoms with E-state index in [4.69, 9.17) is 0 Å². The predicted molar refractivity (Wildman–Crippen MR) is 75.2 cm³/mol. The van der Waals surface area contributed by atoms with E-state index in [1.807, 2.05) is 25.1 Å². The average molecular weight is 252 g/mol. The third kappa shape index (κ3) is 3.66. The van der Waals surface area contributed by atoms with Crippen LogP contribution in [0.1, 0.15) is 11.1 Å². The minimum atomic E-state index is -1.35. The van der Waals surface area contributed by atoms with E-state index in [0.29, 0.717) is 0 Å². The molecule has 2 nitrogen and oxygen atoms in total. The Morgan fingerprint density at radius 1 is 1.12 bits per heavy atom. The highest BCUT2D eigenvalue weighted by atomic mass is 28.3. The molecule has 0 saturated carbocycles. The van der Waals surface area contributed by atoms with Crippen LogP contribution in [0.2, 0.25) is 25.7 Å². The summed E-state index contributed by atoms with van der Waals surface area (Å²) in [4.78, 5) is 0. The third-order valence-corrected chi connectivity index (χ3v) is 4.84. The maximum Gasteiger partial charge on any atom is 0.0547 e. The molecular weight excluding hydrogens is 228 g/mol. The van der Waals surface area contributed by atoms with Crippen molar-refractivity contribution in [3.63, 3.8) is 0 Å². The van der Waals surface area contributed by atoms with Crippen LogP contribution in [0.3, 0.4) is 0 Å². The third-order valence-electron chi connectivity index (χ3n) is 3.10. The number of hydrogen-bond acceptors (Lipinski definition) is 2. The first kappa shape index (κ1) is 14.4. The molecule has 0 heterocycles. The lowest BCUT2D eigenvalue weighted by Gasteiger charge is -2.35. The molecule has 1 rings (SSSR count). The maximum absolute atomic E-state index is 9.75. The predicted octanol–water partition coefficient (Wildman–Crippen LogP) is 2.56. The van der Waals surface area contributed by atoms with Gasteiger partial charge in [-0.2, -0.15) is 0 Å². The molecule has 0 spiro atoms. The lowest BCUT2D eigenvalue weighted by Crippen LogP contribution is -2.42. The molecule has 1 aromatic carbocycles. The van der Waals surface area contributed by atoms with Gasteiger partial charge in [0.25, 0.3) is 0 Å². The second-order valence-corrected chi connectivity index (χ2v) is 11.7. The number of hydrogen-bond donors (Lipinski definition) is 2. The summed E-state index contributed by atoms with van der Waals surface area (Å²) >= 11 is 0. The maximum atomic E-state index is 9.75. The highest BCUT2D eigenvalue weighted by molar-refractivity contribution is 6.76. The average Bonchev–Trinajstić information content (AvgIpc) is 2.25. The highest BCUT2D eigenvalue weighted by Crippen LogP contribution is 2.33. The van der Waals surface area contributed by atoms with E-state index in [1.165, 1.54) is 5.56 Å². The fraction of sp³-hybridized carbons (Fsp3) is 0.571. The van der Waals surface area contributed by atoms with Gasteiger partial charge in [-0.25, -0.2) is 0 Å². The van der Waals surface area contributed by atoms with Crippen LogP contribution in [-0.4, -0.2) is 31.5 Å². The molecule has 96 valence electrons. The van der Waals surface area contributed by atoms with E-state index in [-0.39, 0.29) is 13.2 Å². The van der Waals surface area contributed by atoms with Crippen LogP contribution in [0.25, 0.3) is 0 Å². The lowest BCUT2D eigenvalue weighted by molar-refractivity contribution is 0.128. The van der Waals surface area contributed by atoms with Crippen molar-refractivity contribution in [1.82, 2.24) is 0 Å². The van der Waals surface area contributed by atoms with Gasteiger partial charge < -0.3 is 10.2 Å². The zero-order valence-corrected chi connectivity index (χ0v) is 12.3. The Morgan fingerprint density at radius 2 is 1.71 bits per heavy atom. The van der Waals surface area contributed by atoms with Crippen molar-refractivity contribution in [2.75, 3.05) is 13.2 Å². The van der Waals surface area contributed by atoms with Crippen molar-refractivity contribution in [1.29, 1.82) is 0 Å². The van der Waals surface area contributed by atoms with Gasteiger partial charge in [-0.15, -0.1) is 0 Å². The zero-order chi connectivity index (χ0) is 13.1. The molecule has 17 heavy (non-hydrogen) atoms. The fourth-order valence-electron chi connectivity index (χ4n) is 2.44. The molecule has 0 unspecified atom stereocenters. The molecule has 0 aliphatic carbocycles. The second kappa shape index (κ2) is 5.34. The van der Waals surface area contributed by atoms with Crippen molar-refractivity contribution < 1.29 is 10.2 Å². The number of aryl methyl sites for hydroxylation is 1. The normalized spacial score (nSPS) is 12.8. The van der Waals surface area contributed by atoms with Gasteiger partial charge in [0.05, 0.1) is 13.2 Å². The monoisotopic (exact) mass is 252 g/mol. The van der Waals surface area contributed by atoms with E-state index in [2.05, 4.69) is 25.7 Å². The van der Waals surface area contributed by atoms with Gasteiger partial charge in [-0.1, -0.05) is 49.5 Å². The van der Waals surface area contributed by atoms with Crippen molar-refractivity contribution in [3.8, 4) is 0 Å². The van der Waals surface area contributed by atoms with Crippen molar-refractivity contribution in [2.24, 2.45) is 0 Å². The topological polar surface area (TPSA) is 40.5 Å². The quantitative estimate of drug-likeness (QED) is 0.791. The Kier molecular flexibility index (Phi) is 4.53. The molecule has 0 bridgehead atoms. The molecule has 0 fully saturated rings. The van der Waals surface area contributed by atoms with Gasteiger partial charge in [0.15, 0.2) is 0 Å². The van der Waals surface area contributed by atoms with Gasteiger partial charge in [0, 0.05) is 13.5 Å². The number of rotatable bonds is 5. The summed E-state index contributed by atoms with van der Waals surface area (Å²) in [7, 11) is -1.35. The molecule has 2 N–H and O–H groups in total. The van der Waals surface area contributed by atoms with Gasteiger partial charge in [-0.05, 0) is 18.5 Å². The molecule has 0 atom stereocenters. The minimum absolute atomic E-state index is 0.0111. The molecule has 0 aliphatic heterocycles. The number of aliphatic hydroxyl groups excluding tert-OH is 2. The van der Waals surface area contributed by atoms with Crippen molar-refractivity contribution in [3.05, 3.63) is 35.4 Å². The summed E-state index contributed by atoms with van der Waals surface area (Å²) in [5.74, 6) is 0. The second-order valence-electron chi connectivity index (χ2n) is 6.20. The summed E-state index contributed by atoms with van der Waals surface area (Å²) in [6, 6.07) is 9.02. The van der Waals surface area contributed by atoms with Crippen LogP contribution in [0.5, 0.6) is 0 Å². The van der Waals surface area contributed by atoms with Crippen LogP contribution in [0.4, 0.5) is 0 Å². The Bertz CT molecular complexity index is 365. The smallest absolute Gasteiger partial charge is 0.0547 e. The van der Waals surface area contributed by atoms with E-state index < -0.39 is 13.5 Å². The molecule has 0 aromatic heterocycles. The van der Waals surface area contributed by atoms with E-state index in [0.717, 1.165) is 11.6 Å². The fourth-order valence-corrected chi connectivity index (χ4v) is 4.89. The van der Waals surface area contributed by atoms with Gasteiger partial charge >= 0.3 is 0 Å². The summed E-state index contributed by atoms with van der Waals surface area (Å²) in [6.45, 7) is 8.86. The highest BCUT2D eigenvalue weighted by Gasteiger charge is 2.36. The van der Waals surface area contributed by atoms with Gasteiger partial charge in [0.2, 0.25) is 0 Å². The summed E-state index contributed by atoms with van der Waals surface area (Å²) in [6.07, 6.45) is 0. The zero-order valence-electron chi connectivity index (χ0n) is 11.3. The van der Waals surface area contributed by atoms with Crippen LogP contribution in [0.15, 0.2) is 24.3 Å². The summed E-state index contributed by atoms with van der Waals surface area (Å²) in [5.41, 5.74) is 1.76. The van der Waals surface area contributed by atoms with E-state index in [1.54, 1.807) is 0 Å². The molecule has 3 heteroatoms. The SMILES string of the molecule is Cc1cccc(C(CO)(CO)C[Si](C)(C)C)c1. The van der Waals surface area contributed by atoms with Crippen LogP contribution >= 0.6 is 0 Å². The first-order chi connectivity index (χ1) is 7.83. The molecule has 0 radical (unpaired) electrons. The van der Waals surface area contributed by atoms with Gasteiger partial charge in [0.1, 0.15) is 0 Å². The molecule has 1 aromatic rings. The van der Waals surface area contributed by atoms with Crippen LogP contribution < -0.4 is 0 Å². The van der Waals surface area contributed by atoms with Crippen LogP contribution in [-0.2, 0) is 5.41 Å². The van der Waals surface area contributed by atoms with Crippen molar-refractivity contribution in [2.45, 2.75) is 38.0 Å². The minimum Gasteiger partial charge on any atom is -0.395 e. The molecule has 0 aliphatic rings. The number of aliphatic hydroxyl groups is 2.